The van der Waals surface area contributed by atoms with Crippen molar-refractivity contribution in [3.8, 4) is 5.75 Å². The topological polar surface area (TPSA) is 85.2 Å². The number of benzene rings is 2. The summed E-state index contributed by atoms with van der Waals surface area (Å²) in [6, 6.07) is 13.6. The second-order valence-electron chi connectivity index (χ2n) is 4.53. The lowest BCUT2D eigenvalue weighted by atomic mass is 10.1. The van der Waals surface area contributed by atoms with Crippen LogP contribution in [0.5, 0.6) is 5.75 Å². The molecule has 5 heteroatoms. The molecule has 3 aromatic rings. The fourth-order valence-corrected chi connectivity index (χ4v) is 2.07. The minimum atomic E-state index is -0.505. The highest BCUT2D eigenvalue weighted by Gasteiger charge is 2.12. The Morgan fingerprint density at radius 2 is 1.76 bits per heavy atom. The molecule has 2 aromatic carbocycles. The van der Waals surface area contributed by atoms with Crippen molar-refractivity contribution in [2.24, 2.45) is 5.73 Å². The smallest absolute Gasteiger partial charge is 0.343 e. The zero-order chi connectivity index (χ0) is 14.8. The van der Waals surface area contributed by atoms with Crippen LogP contribution in [-0.4, -0.2) is 16.9 Å². The van der Waals surface area contributed by atoms with Gasteiger partial charge in [-0.25, -0.2) is 4.79 Å². The summed E-state index contributed by atoms with van der Waals surface area (Å²) in [6.45, 7) is 0. The Labute approximate surface area is 120 Å². The number of primary amides is 1. The van der Waals surface area contributed by atoms with Gasteiger partial charge in [-0.15, -0.1) is 0 Å². The van der Waals surface area contributed by atoms with Gasteiger partial charge in [0.2, 0.25) is 5.91 Å². The summed E-state index contributed by atoms with van der Waals surface area (Å²) >= 11 is 0. The van der Waals surface area contributed by atoms with Crippen molar-refractivity contribution in [2.45, 2.75) is 0 Å². The predicted molar refractivity (Wildman–Crippen MR) is 78.2 cm³/mol. The van der Waals surface area contributed by atoms with Gasteiger partial charge in [0.25, 0.3) is 0 Å². The van der Waals surface area contributed by atoms with E-state index in [4.69, 9.17) is 10.5 Å². The average molecular weight is 280 g/mol. The minimum absolute atomic E-state index is 0.394. The molecule has 0 aliphatic carbocycles. The molecule has 0 fully saturated rings. The zero-order valence-electron chi connectivity index (χ0n) is 11.0. The summed E-state index contributed by atoms with van der Waals surface area (Å²) in [4.78, 5) is 26.1. The Hall–Kier alpha value is -3.08. The van der Waals surface area contributed by atoms with E-state index >= 15 is 0 Å². The molecule has 0 aliphatic heterocycles. The van der Waals surface area contributed by atoms with Crippen molar-refractivity contribution in [2.75, 3.05) is 0 Å². The van der Waals surface area contributed by atoms with Crippen LogP contribution in [0.1, 0.15) is 20.7 Å². The number of aromatic nitrogens is 1. The van der Waals surface area contributed by atoms with Gasteiger partial charge in [0, 0.05) is 17.1 Å². The molecule has 0 atom stereocenters. The molecule has 0 saturated heterocycles. The molecule has 21 heavy (non-hydrogen) atoms. The SMILES string of the molecule is NC(=O)c1ccc2c(OC(=O)c3ccccc3)c[nH]c2c1. The Morgan fingerprint density at radius 3 is 2.48 bits per heavy atom. The lowest BCUT2D eigenvalue weighted by molar-refractivity contribution is 0.0736. The van der Waals surface area contributed by atoms with Gasteiger partial charge in [0.1, 0.15) is 0 Å². The number of carbonyl (C=O) groups is 2. The summed E-state index contributed by atoms with van der Waals surface area (Å²) in [6.07, 6.45) is 1.58. The largest absolute Gasteiger partial charge is 0.421 e. The molecule has 1 heterocycles. The number of amides is 1. The molecule has 104 valence electrons. The number of hydrogen-bond donors (Lipinski definition) is 2. The van der Waals surface area contributed by atoms with E-state index in [-0.39, 0.29) is 0 Å². The van der Waals surface area contributed by atoms with Crippen molar-refractivity contribution in [3.63, 3.8) is 0 Å². The number of hydrogen-bond acceptors (Lipinski definition) is 3. The van der Waals surface area contributed by atoms with Crippen molar-refractivity contribution in [1.82, 2.24) is 4.98 Å². The Morgan fingerprint density at radius 1 is 1.00 bits per heavy atom. The van der Waals surface area contributed by atoms with Gasteiger partial charge in [-0.2, -0.15) is 0 Å². The number of ether oxygens (including phenoxy) is 1. The third-order valence-corrected chi connectivity index (χ3v) is 3.14. The van der Waals surface area contributed by atoms with Crippen LogP contribution in [0.15, 0.2) is 54.7 Å². The van der Waals surface area contributed by atoms with E-state index in [1.54, 1.807) is 48.7 Å². The first-order valence-electron chi connectivity index (χ1n) is 6.33. The molecule has 0 bridgehead atoms. The molecule has 0 unspecified atom stereocenters. The van der Waals surface area contributed by atoms with Gasteiger partial charge in [-0.3, -0.25) is 4.79 Å². The Kier molecular flexibility index (Phi) is 3.16. The first-order chi connectivity index (χ1) is 10.1. The van der Waals surface area contributed by atoms with E-state index in [1.165, 1.54) is 0 Å². The van der Waals surface area contributed by atoms with Crippen LogP contribution in [0.2, 0.25) is 0 Å². The average Bonchev–Trinajstić information content (AvgIpc) is 2.90. The summed E-state index contributed by atoms with van der Waals surface area (Å²) in [5.74, 6) is -0.528. The Balaban J connectivity index is 1.91. The lowest BCUT2D eigenvalue weighted by Gasteiger charge is -2.03. The van der Waals surface area contributed by atoms with Crippen LogP contribution in [0.3, 0.4) is 0 Å². The van der Waals surface area contributed by atoms with Crippen LogP contribution in [-0.2, 0) is 0 Å². The number of H-pyrrole nitrogens is 1. The fourth-order valence-electron chi connectivity index (χ4n) is 2.07. The number of nitrogens with two attached hydrogens (primary N) is 1. The van der Waals surface area contributed by atoms with Crippen molar-refractivity contribution >= 4 is 22.8 Å². The van der Waals surface area contributed by atoms with Crippen LogP contribution in [0.4, 0.5) is 0 Å². The second-order valence-corrected chi connectivity index (χ2v) is 4.53. The van der Waals surface area contributed by atoms with E-state index in [0.717, 1.165) is 0 Å². The van der Waals surface area contributed by atoms with Crippen LogP contribution >= 0.6 is 0 Å². The summed E-state index contributed by atoms with van der Waals surface area (Å²) in [5.41, 5.74) is 6.78. The van der Waals surface area contributed by atoms with Crippen LogP contribution in [0, 0.1) is 0 Å². The first-order valence-corrected chi connectivity index (χ1v) is 6.33. The summed E-state index contributed by atoms with van der Waals surface area (Å²) < 4.78 is 5.37. The number of fused-ring (bicyclic) bond motifs is 1. The molecule has 1 amide bonds. The zero-order valence-corrected chi connectivity index (χ0v) is 11.0. The van der Waals surface area contributed by atoms with Crippen molar-refractivity contribution in [3.05, 3.63) is 65.9 Å². The molecule has 5 nitrogen and oxygen atoms in total. The van der Waals surface area contributed by atoms with Crippen LogP contribution in [0.25, 0.3) is 10.9 Å². The highest BCUT2D eigenvalue weighted by Crippen LogP contribution is 2.26. The van der Waals surface area contributed by atoms with E-state index in [0.29, 0.717) is 27.8 Å². The van der Waals surface area contributed by atoms with E-state index in [1.807, 2.05) is 6.07 Å². The number of esters is 1. The lowest BCUT2D eigenvalue weighted by Crippen LogP contribution is -2.10. The Bertz CT molecular complexity index is 822. The predicted octanol–water partition coefficient (Wildman–Crippen LogP) is 2.49. The molecular weight excluding hydrogens is 268 g/mol. The molecule has 0 radical (unpaired) electrons. The van der Waals surface area contributed by atoms with E-state index in [9.17, 15) is 9.59 Å². The second kappa shape index (κ2) is 5.13. The molecular formula is C16H12N2O3. The molecule has 3 N–H and O–H groups in total. The van der Waals surface area contributed by atoms with Gasteiger partial charge >= 0.3 is 5.97 Å². The van der Waals surface area contributed by atoms with Gasteiger partial charge in [0.05, 0.1) is 11.1 Å². The monoisotopic (exact) mass is 280 g/mol. The highest BCUT2D eigenvalue weighted by atomic mass is 16.5. The van der Waals surface area contributed by atoms with Crippen LogP contribution < -0.4 is 10.5 Å². The van der Waals surface area contributed by atoms with Gasteiger partial charge < -0.3 is 15.5 Å². The quantitative estimate of drug-likeness (QED) is 0.723. The molecule has 0 saturated carbocycles. The molecule has 0 spiro atoms. The number of carbonyl (C=O) groups excluding carboxylic acids is 2. The normalized spacial score (nSPS) is 10.5. The minimum Gasteiger partial charge on any atom is -0.421 e. The van der Waals surface area contributed by atoms with E-state index < -0.39 is 11.9 Å². The maximum absolute atomic E-state index is 12.0. The standard InChI is InChI=1S/C16H12N2O3/c17-15(19)11-6-7-12-13(8-11)18-9-14(12)21-16(20)10-4-2-1-3-5-10/h1-9,18H,(H2,17,19). The third kappa shape index (κ3) is 2.49. The summed E-state index contributed by atoms with van der Waals surface area (Å²) in [7, 11) is 0. The number of nitrogens with one attached hydrogen (secondary N) is 1. The fraction of sp³-hybridized carbons (Fsp3) is 0. The van der Waals surface area contributed by atoms with Gasteiger partial charge in [0.15, 0.2) is 5.75 Å². The van der Waals surface area contributed by atoms with Crippen molar-refractivity contribution < 1.29 is 14.3 Å². The summed E-state index contributed by atoms with van der Waals surface area (Å²) in [5, 5.41) is 0.712. The van der Waals surface area contributed by atoms with E-state index in [2.05, 4.69) is 4.98 Å². The van der Waals surface area contributed by atoms with Gasteiger partial charge in [-0.1, -0.05) is 18.2 Å². The maximum Gasteiger partial charge on any atom is 0.343 e. The number of aromatic amines is 1. The molecule has 0 aliphatic rings. The first kappa shape index (κ1) is 12.9. The van der Waals surface area contributed by atoms with Crippen molar-refractivity contribution in [1.29, 1.82) is 0 Å². The maximum atomic E-state index is 12.0. The highest BCUT2D eigenvalue weighted by molar-refractivity contribution is 5.99. The molecule has 1 aromatic heterocycles. The number of rotatable bonds is 3. The third-order valence-electron chi connectivity index (χ3n) is 3.14. The molecule has 3 rings (SSSR count). The van der Waals surface area contributed by atoms with Gasteiger partial charge in [-0.05, 0) is 30.3 Å².